The van der Waals surface area contributed by atoms with E-state index in [1.807, 2.05) is 6.07 Å². The zero-order valence-electron chi connectivity index (χ0n) is 16.1. The van der Waals surface area contributed by atoms with Crippen LogP contribution in [0.25, 0.3) is 0 Å². The Morgan fingerprint density at radius 1 is 1.11 bits per heavy atom. The molecular formula is C21H28N4O3. The Labute approximate surface area is 166 Å². The van der Waals surface area contributed by atoms with Crippen LogP contribution >= 0.6 is 0 Å². The normalized spacial score (nSPS) is 19.0. The van der Waals surface area contributed by atoms with Crippen LogP contribution in [-0.4, -0.2) is 57.7 Å². The van der Waals surface area contributed by atoms with E-state index in [-0.39, 0.29) is 43.2 Å². The van der Waals surface area contributed by atoms with E-state index < -0.39 is 0 Å². The number of hydrogen-bond donors (Lipinski definition) is 2. The number of carbonyl (C=O) groups excluding carboxylic acids is 1. The molecule has 1 saturated carbocycles. The van der Waals surface area contributed by atoms with E-state index in [1.54, 1.807) is 23.1 Å². The number of phenols is 1. The van der Waals surface area contributed by atoms with Gasteiger partial charge < -0.3 is 15.1 Å². The molecule has 1 aliphatic rings. The third kappa shape index (κ3) is 6.84. The van der Waals surface area contributed by atoms with Gasteiger partial charge in [-0.2, -0.15) is 10.5 Å². The Hall–Kier alpha value is -2.61. The quantitative estimate of drug-likeness (QED) is 0.675. The zero-order valence-corrected chi connectivity index (χ0v) is 16.1. The molecule has 7 nitrogen and oxygen atoms in total. The van der Waals surface area contributed by atoms with Gasteiger partial charge in [-0.15, -0.1) is 0 Å². The summed E-state index contributed by atoms with van der Waals surface area (Å²) >= 11 is 0. The standard InChI is InChI=1S/C21H28N4O3/c22-10-2-12-24(13-3-11-23)21(28)16-25(18-6-8-19(26)9-7-18)15-17-4-1-5-20(27)14-17/h1,4-5,14,18-19,26-27H,2-3,6-9,12-13,15-16H2. The molecule has 1 aliphatic carbocycles. The first-order valence-corrected chi connectivity index (χ1v) is 9.75. The fraction of sp³-hybridized carbons (Fsp3) is 0.571. The molecule has 0 unspecified atom stereocenters. The lowest BCUT2D eigenvalue weighted by atomic mass is 9.91. The van der Waals surface area contributed by atoms with E-state index in [0.717, 1.165) is 18.4 Å². The first-order valence-electron chi connectivity index (χ1n) is 9.75. The summed E-state index contributed by atoms with van der Waals surface area (Å²) in [6.45, 7) is 1.35. The molecule has 28 heavy (non-hydrogen) atoms. The smallest absolute Gasteiger partial charge is 0.236 e. The van der Waals surface area contributed by atoms with Crippen LogP contribution in [0.2, 0.25) is 0 Å². The fourth-order valence-electron chi connectivity index (χ4n) is 3.63. The van der Waals surface area contributed by atoms with Crippen LogP contribution in [0.5, 0.6) is 5.75 Å². The van der Waals surface area contributed by atoms with E-state index in [2.05, 4.69) is 17.0 Å². The van der Waals surface area contributed by atoms with Crippen LogP contribution in [0.1, 0.15) is 44.1 Å². The lowest BCUT2D eigenvalue weighted by molar-refractivity contribution is -0.133. The van der Waals surface area contributed by atoms with Gasteiger partial charge >= 0.3 is 0 Å². The molecule has 1 amide bonds. The van der Waals surface area contributed by atoms with Crippen LogP contribution in [0.3, 0.4) is 0 Å². The summed E-state index contributed by atoms with van der Waals surface area (Å²) in [4.78, 5) is 16.6. The maximum absolute atomic E-state index is 12.9. The van der Waals surface area contributed by atoms with Gasteiger partial charge in [0.25, 0.3) is 0 Å². The Balaban J connectivity index is 2.11. The van der Waals surface area contributed by atoms with Crippen LogP contribution in [0.15, 0.2) is 24.3 Å². The minimum Gasteiger partial charge on any atom is -0.508 e. The monoisotopic (exact) mass is 384 g/mol. The number of nitriles is 2. The zero-order chi connectivity index (χ0) is 20.4. The van der Waals surface area contributed by atoms with Crippen molar-refractivity contribution in [1.82, 2.24) is 9.80 Å². The van der Waals surface area contributed by atoms with E-state index >= 15 is 0 Å². The van der Waals surface area contributed by atoms with Crippen molar-refractivity contribution in [3.63, 3.8) is 0 Å². The van der Waals surface area contributed by atoms with Gasteiger partial charge in [0, 0.05) is 25.7 Å². The maximum atomic E-state index is 12.9. The van der Waals surface area contributed by atoms with Crippen molar-refractivity contribution in [2.75, 3.05) is 19.6 Å². The van der Waals surface area contributed by atoms with Gasteiger partial charge in [0.05, 0.1) is 37.6 Å². The highest BCUT2D eigenvalue weighted by molar-refractivity contribution is 5.78. The fourth-order valence-corrected chi connectivity index (χ4v) is 3.63. The van der Waals surface area contributed by atoms with E-state index in [4.69, 9.17) is 10.5 Å². The summed E-state index contributed by atoms with van der Waals surface area (Å²) in [6, 6.07) is 11.3. The number of phenolic OH excluding ortho intramolecular Hbond substituents is 1. The number of aliphatic hydroxyl groups is 1. The highest BCUT2D eigenvalue weighted by Gasteiger charge is 2.27. The second-order valence-corrected chi connectivity index (χ2v) is 7.23. The highest BCUT2D eigenvalue weighted by Crippen LogP contribution is 2.25. The van der Waals surface area contributed by atoms with Crippen molar-refractivity contribution in [1.29, 1.82) is 10.5 Å². The SMILES string of the molecule is N#CCCN(CCC#N)C(=O)CN(Cc1cccc(O)c1)C1CCC(O)CC1. The van der Waals surface area contributed by atoms with Crippen molar-refractivity contribution < 1.29 is 15.0 Å². The molecule has 0 aromatic heterocycles. The summed E-state index contributed by atoms with van der Waals surface area (Å²) in [5.41, 5.74) is 0.916. The summed E-state index contributed by atoms with van der Waals surface area (Å²) in [7, 11) is 0. The molecule has 0 aliphatic heterocycles. The number of hydrogen-bond acceptors (Lipinski definition) is 6. The lowest BCUT2D eigenvalue weighted by Gasteiger charge is -2.36. The Morgan fingerprint density at radius 2 is 1.75 bits per heavy atom. The minimum absolute atomic E-state index is 0.100. The Kier molecular flexibility index (Phi) is 8.74. The minimum atomic E-state index is -0.280. The molecule has 0 spiro atoms. The molecule has 150 valence electrons. The first kappa shape index (κ1) is 21.7. The van der Waals surface area contributed by atoms with Crippen molar-refractivity contribution in [2.24, 2.45) is 0 Å². The molecule has 1 aromatic carbocycles. The topological polar surface area (TPSA) is 112 Å². The molecule has 1 aromatic rings. The van der Waals surface area contributed by atoms with Gasteiger partial charge in [-0.05, 0) is 43.4 Å². The molecule has 0 atom stereocenters. The average molecular weight is 384 g/mol. The molecule has 2 N–H and O–H groups in total. The maximum Gasteiger partial charge on any atom is 0.236 e. The van der Waals surface area contributed by atoms with Crippen LogP contribution in [0.4, 0.5) is 0 Å². The molecule has 0 heterocycles. The van der Waals surface area contributed by atoms with Gasteiger partial charge in [-0.1, -0.05) is 12.1 Å². The van der Waals surface area contributed by atoms with Gasteiger partial charge in [-0.25, -0.2) is 0 Å². The average Bonchev–Trinajstić information content (AvgIpc) is 2.68. The summed E-state index contributed by atoms with van der Waals surface area (Å²) in [6.07, 6.45) is 3.23. The molecule has 7 heteroatoms. The lowest BCUT2D eigenvalue weighted by Crippen LogP contribution is -2.46. The number of aliphatic hydroxyl groups excluding tert-OH is 1. The first-order chi connectivity index (χ1) is 13.5. The Bertz CT molecular complexity index is 699. The third-order valence-corrected chi connectivity index (χ3v) is 5.16. The number of carbonyl (C=O) groups is 1. The molecule has 0 bridgehead atoms. The van der Waals surface area contributed by atoms with Crippen molar-refractivity contribution in [3.05, 3.63) is 29.8 Å². The Morgan fingerprint density at radius 3 is 2.32 bits per heavy atom. The molecular weight excluding hydrogens is 356 g/mol. The predicted molar refractivity (Wildman–Crippen MR) is 104 cm³/mol. The molecule has 2 rings (SSSR count). The molecule has 0 radical (unpaired) electrons. The van der Waals surface area contributed by atoms with Crippen LogP contribution < -0.4 is 0 Å². The van der Waals surface area contributed by atoms with Gasteiger partial charge in [0.1, 0.15) is 5.75 Å². The van der Waals surface area contributed by atoms with Crippen molar-refractivity contribution in [3.8, 4) is 17.9 Å². The number of rotatable bonds is 9. The third-order valence-electron chi connectivity index (χ3n) is 5.16. The predicted octanol–water partition coefficient (Wildman–Crippen LogP) is 2.15. The van der Waals surface area contributed by atoms with Crippen molar-refractivity contribution in [2.45, 2.75) is 57.2 Å². The number of amides is 1. The summed E-state index contributed by atoms with van der Waals surface area (Å²) in [5.74, 6) is 0.0873. The second kappa shape index (κ2) is 11.3. The highest BCUT2D eigenvalue weighted by atomic mass is 16.3. The molecule has 0 saturated heterocycles. The second-order valence-electron chi connectivity index (χ2n) is 7.23. The van der Waals surface area contributed by atoms with Gasteiger partial charge in [0.2, 0.25) is 5.91 Å². The van der Waals surface area contributed by atoms with E-state index in [9.17, 15) is 15.0 Å². The van der Waals surface area contributed by atoms with E-state index in [0.29, 0.717) is 32.5 Å². The number of nitrogens with zero attached hydrogens (tertiary/aromatic N) is 4. The number of benzene rings is 1. The largest absolute Gasteiger partial charge is 0.508 e. The van der Waals surface area contributed by atoms with Crippen molar-refractivity contribution >= 4 is 5.91 Å². The molecule has 1 fully saturated rings. The summed E-state index contributed by atoms with van der Waals surface area (Å²) in [5, 5.41) is 37.2. The summed E-state index contributed by atoms with van der Waals surface area (Å²) < 4.78 is 0. The van der Waals surface area contributed by atoms with Crippen LogP contribution in [-0.2, 0) is 11.3 Å². The number of aromatic hydroxyl groups is 1. The van der Waals surface area contributed by atoms with Gasteiger partial charge in [0.15, 0.2) is 0 Å². The van der Waals surface area contributed by atoms with E-state index in [1.165, 1.54) is 0 Å². The van der Waals surface area contributed by atoms with Gasteiger partial charge in [-0.3, -0.25) is 9.69 Å². The van der Waals surface area contributed by atoms with Crippen LogP contribution in [0, 0.1) is 22.7 Å².